The highest BCUT2D eigenvalue weighted by atomic mass is 35.5. The molecule has 0 aliphatic rings. The first-order valence-electron chi connectivity index (χ1n) is 5.70. The monoisotopic (exact) mass is 315 g/mol. The van der Waals surface area contributed by atoms with Gasteiger partial charge in [0.05, 0.1) is 16.1 Å². The van der Waals surface area contributed by atoms with Crippen molar-refractivity contribution in [2.24, 2.45) is 5.73 Å². The van der Waals surface area contributed by atoms with Crippen LogP contribution in [0, 0.1) is 0 Å². The Kier molecular flexibility index (Phi) is 3.82. The van der Waals surface area contributed by atoms with Gasteiger partial charge in [-0.25, -0.2) is 0 Å². The number of carbonyl (C=O) groups excluding carboxylic acids is 1. The summed E-state index contributed by atoms with van der Waals surface area (Å²) in [5.74, 6) is -1.35. The van der Waals surface area contributed by atoms with Crippen LogP contribution in [0.1, 0.15) is 15.9 Å². The Bertz CT molecular complexity index is 714. The number of para-hydroxylation sites is 1. The second-order valence-corrected chi connectivity index (χ2v) is 4.67. The summed E-state index contributed by atoms with van der Waals surface area (Å²) in [7, 11) is 0. The lowest BCUT2D eigenvalue weighted by atomic mass is 9.99. The first-order chi connectivity index (χ1) is 9.71. The molecule has 3 nitrogen and oxygen atoms in total. The number of rotatable bonds is 2. The normalized spacial score (nSPS) is 11.4. The van der Waals surface area contributed by atoms with Crippen LogP contribution in [0.15, 0.2) is 36.4 Å². The van der Waals surface area contributed by atoms with Gasteiger partial charge in [-0.05, 0) is 23.8 Å². The predicted octanol–water partition coefficient (Wildman–Crippen LogP) is 3.83. The number of aromatic hydroxyl groups is 1. The van der Waals surface area contributed by atoms with E-state index in [9.17, 15) is 23.1 Å². The Morgan fingerprint density at radius 1 is 1.19 bits per heavy atom. The largest absolute Gasteiger partial charge is 0.506 e. The molecule has 2 rings (SSSR count). The Morgan fingerprint density at radius 3 is 2.43 bits per heavy atom. The summed E-state index contributed by atoms with van der Waals surface area (Å²) >= 11 is 5.53. The van der Waals surface area contributed by atoms with Crippen LogP contribution in [0.4, 0.5) is 13.2 Å². The quantitative estimate of drug-likeness (QED) is 0.884. The summed E-state index contributed by atoms with van der Waals surface area (Å²) in [5.41, 5.74) is 4.03. The van der Waals surface area contributed by atoms with Gasteiger partial charge in [-0.2, -0.15) is 13.2 Å². The maximum atomic E-state index is 12.8. The van der Waals surface area contributed by atoms with Crippen molar-refractivity contribution in [2.75, 3.05) is 0 Å². The van der Waals surface area contributed by atoms with E-state index in [2.05, 4.69) is 0 Å². The summed E-state index contributed by atoms with van der Waals surface area (Å²) in [6.45, 7) is 0. The summed E-state index contributed by atoms with van der Waals surface area (Å²) in [5, 5.41) is 9.51. The molecule has 0 aromatic heterocycles. The topological polar surface area (TPSA) is 63.3 Å². The SMILES string of the molecule is NC(=O)c1cccc(-c2ccc(Cl)c(C(F)(F)F)c2)c1O. The number of benzene rings is 2. The zero-order valence-corrected chi connectivity index (χ0v) is 11.2. The minimum Gasteiger partial charge on any atom is -0.506 e. The zero-order valence-electron chi connectivity index (χ0n) is 10.4. The number of carbonyl (C=O) groups is 1. The third-order valence-electron chi connectivity index (χ3n) is 2.88. The fraction of sp³-hybridized carbons (Fsp3) is 0.0714. The minimum absolute atomic E-state index is 0.0634. The molecule has 0 radical (unpaired) electrons. The van der Waals surface area contributed by atoms with Crippen molar-refractivity contribution in [3.05, 3.63) is 52.5 Å². The average Bonchev–Trinajstić information content (AvgIpc) is 2.38. The van der Waals surface area contributed by atoms with Gasteiger partial charge < -0.3 is 10.8 Å². The second-order valence-electron chi connectivity index (χ2n) is 4.26. The van der Waals surface area contributed by atoms with Crippen LogP contribution in [0.3, 0.4) is 0 Å². The number of halogens is 4. The number of phenols is 1. The number of hydrogen-bond acceptors (Lipinski definition) is 2. The smallest absolute Gasteiger partial charge is 0.417 e. The number of nitrogens with two attached hydrogens (primary N) is 1. The predicted molar refractivity (Wildman–Crippen MR) is 72.1 cm³/mol. The van der Waals surface area contributed by atoms with Crippen molar-refractivity contribution in [3.8, 4) is 16.9 Å². The van der Waals surface area contributed by atoms with Crippen LogP contribution in [-0.4, -0.2) is 11.0 Å². The van der Waals surface area contributed by atoms with Crippen molar-refractivity contribution >= 4 is 17.5 Å². The van der Waals surface area contributed by atoms with Gasteiger partial charge in [0, 0.05) is 5.56 Å². The van der Waals surface area contributed by atoms with Gasteiger partial charge in [0.15, 0.2) is 0 Å². The fourth-order valence-electron chi connectivity index (χ4n) is 1.89. The summed E-state index contributed by atoms with van der Waals surface area (Å²) in [6, 6.07) is 7.28. The molecule has 0 fully saturated rings. The molecule has 3 N–H and O–H groups in total. The molecular weight excluding hydrogens is 307 g/mol. The molecule has 0 spiro atoms. The summed E-state index contributed by atoms with van der Waals surface area (Å²) in [4.78, 5) is 11.1. The lowest BCUT2D eigenvalue weighted by Crippen LogP contribution is -2.11. The second kappa shape index (κ2) is 5.29. The van der Waals surface area contributed by atoms with Crippen LogP contribution in [0.25, 0.3) is 11.1 Å². The van der Waals surface area contributed by atoms with E-state index in [0.717, 1.165) is 12.1 Å². The molecule has 7 heteroatoms. The number of primary amides is 1. The average molecular weight is 316 g/mol. The molecule has 2 aromatic carbocycles. The van der Waals surface area contributed by atoms with Crippen molar-refractivity contribution in [2.45, 2.75) is 6.18 Å². The molecule has 21 heavy (non-hydrogen) atoms. The Hall–Kier alpha value is -2.21. The highest BCUT2D eigenvalue weighted by molar-refractivity contribution is 6.31. The van der Waals surface area contributed by atoms with E-state index in [0.29, 0.717) is 0 Å². The highest BCUT2D eigenvalue weighted by Gasteiger charge is 2.33. The van der Waals surface area contributed by atoms with E-state index in [1.807, 2.05) is 0 Å². The molecule has 0 unspecified atom stereocenters. The lowest BCUT2D eigenvalue weighted by Gasteiger charge is -2.12. The van der Waals surface area contributed by atoms with E-state index in [4.69, 9.17) is 17.3 Å². The number of hydrogen-bond donors (Lipinski definition) is 2. The third kappa shape index (κ3) is 2.95. The van der Waals surface area contributed by atoms with Crippen LogP contribution >= 0.6 is 11.6 Å². The van der Waals surface area contributed by atoms with E-state index >= 15 is 0 Å². The lowest BCUT2D eigenvalue weighted by molar-refractivity contribution is -0.137. The molecule has 110 valence electrons. The van der Waals surface area contributed by atoms with Gasteiger partial charge in [0.1, 0.15) is 5.75 Å². The third-order valence-corrected chi connectivity index (χ3v) is 3.21. The van der Waals surface area contributed by atoms with Gasteiger partial charge >= 0.3 is 6.18 Å². The summed E-state index contributed by atoms with van der Waals surface area (Å²) in [6.07, 6.45) is -4.62. The first-order valence-corrected chi connectivity index (χ1v) is 6.08. The highest BCUT2D eigenvalue weighted by Crippen LogP contribution is 2.39. The van der Waals surface area contributed by atoms with E-state index in [-0.39, 0.29) is 16.7 Å². The maximum Gasteiger partial charge on any atom is 0.417 e. The molecule has 0 aliphatic heterocycles. The van der Waals surface area contributed by atoms with Gasteiger partial charge in [0.2, 0.25) is 0 Å². The molecule has 0 atom stereocenters. The Balaban J connectivity index is 2.64. The Labute approximate surface area is 122 Å². The molecule has 0 heterocycles. The van der Waals surface area contributed by atoms with Crippen molar-refractivity contribution < 1.29 is 23.1 Å². The van der Waals surface area contributed by atoms with Gasteiger partial charge in [-0.15, -0.1) is 0 Å². The number of amides is 1. The summed E-state index contributed by atoms with van der Waals surface area (Å²) < 4.78 is 38.5. The fourth-order valence-corrected chi connectivity index (χ4v) is 2.11. The van der Waals surface area contributed by atoms with Gasteiger partial charge in [0.25, 0.3) is 5.91 Å². The molecule has 0 saturated carbocycles. The zero-order chi connectivity index (χ0) is 15.8. The minimum atomic E-state index is -4.62. The molecule has 2 aromatic rings. The first kappa shape index (κ1) is 15.2. The van der Waals surface area contributed by atoms with E-state index < -0.39 is 28.4 Å². The van der Waals surface area contributed by atoms with Gasteiger partial charge in [-0.3, -0.25) is 4.79 Å². The van der Waals surface area contributed by atoms with Crippen LogP contribution in [0.5, 0.6) is 5.75 Å². The molecule has 1 amide bonds. The molecule has 0 saturated heterocycles. The standard InChI is InChI=1S/C14H9ClF3NO2/c15-11-5-4-7(6-10(11)14(16,17)18)8-2-1-3-9(12(8)20)13(19)21/h1-6,20H,(H2,19,21). The Morgan fingerprint density at radius 2 is 1.86 bits per heavy atom. The molecular formula is C14H9ClF3NO2. The van der Waals surface area contributed by atoms with Gasteiger partial charge in [-0.1, -0.05) is 29.8 Å². The maximum absolute atomic E-state index is 12.8. The molecule has 0 aliphatic carbocycles. The number of alkyl halides is 3. The van der Waals surface area contributed by atoms with E-state index in [1.165, 1.54) is 24.3 Å². The van der Waals surface area contributed by atoms with Crippen LogP contribution in [0.2, 0.25) is 5.02 Å². The van der Waals surface area contributed by atoms with Crippen molar-refractivity contribution in [3.63, 3.8) is 0 Å². The van der Waals surface area contributed by atoms with Crippen molar-refractivity contribution in [1.82, 2.24) is 0 Å². The molecule has 0 bridgehead atoms. The van der Waals surface area contributed by atoms with E-state index in [1.54, 1.807) is 0 Å². The van der Waals surface area contributed by atoms with Crippen LogP contribution < -0.4 is 5.73 Å². The van der Waals surface area contributed by atoms with Crippen LogP contribution in [-0.2, 0) is 6.18 Å². The van der Waals surface area contributed by atoms with Crippen molar-refractivity contribution in [1.29, 1.82) is 0 Å².